The molecule has 6 nitrogen and oxygen atoms in total. The molecule has 3 rings (SSSR count). The molecule has 2 aromatic heterocycles. The van der Waals surface area contributed by atoms with E-state index in [9.17, 15) is 0 Å². The van der Waals surface area contributed by atoms with Crippen LogP contribution in [0.2, 0.25) is 5.28 Å². The average Bonchev–Trinajstić information content (AvgIpc) is 2.99. The molecule has 1 fully saturated rings. The van der Waals surface area contributed by atoms with Crippen LogP contribution < -0.4 is 4.90 Å². The van der Waals surface area contributed by atoms with Crippen molar-refractivity contribution in [1.29, 1.82) is 0 Å². The first-order valence-corrected chi connectivity index (χ1v) is 7.66. The minimum atomic E-state index is 0.239. The number of rotatable bonds is 3. The predicted octanol–water partition coefficient (Wildman–Crippen LogP) is 2.32. The monoisotopic (exact) mass is 310 g/mol. The number of aromatic nitrogens is 5. The van der Waals surface area contributed by atoms with E-state index in [0.717, 1.165) is 23.8 Å². The van der Waals surface area contributed by atoms with Gasteiger partial charge in [-0.05, 0) is 49.2 Å². The Bertz CT molecular complexity index is 622. The molecule has 2 aromatic rings. The van der Waals surface area contributed by atoms with Crippen LogP contribution in [-0.4, -0.2) is 37.8 Å². The largest absolute Gasteiger partial charge is 0.341 e. The lowest BCUT2D eigenvalue weighted by atomic mass is 10.4. The second-order valence-electron chi connectivity index (χ2n) is 4.73. The molecule has 0 bridgehead atoms. The van der Waals surface area contributed by atoms with E-state index < -0.39 is 0 Å². The van der Waals surface area contributed by atoms with Crippen molar-refractivity contribution >= 4 is 29.3 Å². The third-order valence-electron chi connectivity index (χ3n) is 3.12. The fourth-order valence-corrected chi connectivity index (χ4v) is 3.26. The van der Waals surface area contributed by atoms with E-state index in [1.807, 2.05) is 24.7 Å². The van der Waals surface area contributed by atoms with Crippen LogP contribution in [0.5, 0.6) is 0 Å². The first-order chi connectivity index (χ1) is 9.61. The van der Waals surface area contributed by atoms with Gasteiger partial charge in [-0.15, -0.1) is 0 Å². The van der Waals surface area contributed by atoms with Crippen molar-refractivity contribution < 1.29 is 0 Å². The van der Waals surface area contributed by atoms with Crippen molar-refractivity contribution in [2.24, 2.45) is 7.05 Å². The molecule has 0 unspecified atom stereocenters. The molecule has 1 saturated heterocycles. The van der Waals surface area contributed by atoms with Gasteiger partial charge in [0.1, 0.15) is 5.03 Å². The summed E-state index contributed by atoms with van der Waals surface area (Å²) in [4.78, 5) is 15.1. The van der Waals surface area contributed by atoms with Gasteiger partial charge in [0.25, 0.3) is 0 Å². The normalized spacial score (nSPS) is 15.1. The van der Waals surface area contributed by atoms with E-state index in [1.165, 1.54) is 24.6 Å². The number of anilines is 1. The van der Waals surface area contributed by atoms with E-state index >= 15 is 0 Å². The van der Waals surface area contributed by atoms with Gasteiger partial charge in [-0.25, -0.2) is 0 Å². The molecule has 8 heteroatoms. The first kappa shape index (κ1) is 13.6. The molecule has 0 radical (unpaired) electrons. The van der Waals surface area contributed by atoms with Crippen LogP contribution in [0, 0.1) is 6.92 Å². The number of aryl methyl sites for hydroxylation is 2. The Kier molecular flexibility index (Phi) is 3.80. The van der Waals surface area contributed by atoms with Crippen LogP contribution >= 0.6 is 23.4 Å². The highest BCUT2D eigenvalue weighted by molar-refractivity contribution is 7.99. The van der Waals surface area contributed by atoms with Crippen LogP contribution in [0.3, 0.4) is 0 Å². The Labute approximate surface area is 126 Å². The van der Waals surface area contributed by atoms with Gasteiger partial charge in [0, 0.05) is 20.1 Å². The molecule has 3 heterocycles. The van der Waals surface area contributed by atoms with Gasteiger partial charge in [0.05, 0.1) is 5.69 Å². The Balaban J connectivity index is 1.87. The van der Waals surface area contributed by atoms with Crippen LogP contribution in [0.4, 0.5) is 5.95 Å². The highest BCUT2D eigenvalue weighted by Gasteiger charge is 2.18. The van der Waals surface area contributed by atoms with Crippen molar-refractivity contribution in [3.8, 4) is 0 Å². The van der Waals surface area contributed by atoms with Crippen LogP contribution in [-0.2, 0) is 7.05 Å². The Morgan fingerprint density at radius 3 is 2.60 bits per heavy atom. The lowest BCUT2D eigenvalue weighted by Gasteiger charge is -2.15. The van der Waals surface area contributed by atoms with Crippen molar-refractivity contribution in [3.05, 3.63) is 17.0 Å². The van der Waals surface area contributed by atoms with Gasteiger partial charge in [-0.1, -0.05) is 0 Å². The molecule has 1 aliphatic rings. The summed E-state index contributed by atoms with van der Waals surface area (Å²) in [5, 5.41) is 6.14. The van der Waals surface area contributed by atoms with Crippen LogP contribution in [0.25, 0.3) is 0 Å². The van der Waals surface area contributed by atoms with Crippen molar-refractivity contribution in [2.45, 2.75) is 29.9 Å². The molecule has 20 heavy (non-hydrogen) atoms. The molecule has 0 aromatic carbocycles. The number of hydrogen-bond donors (Lipinski definition) is 0. The fourth-order valence-electron chi connectivity index (χ4n) is 2.20. The van der Waals surface area contributed by atoms with Gasteiger partial charge in [-0.3, -0.25) is 4.68 Å². The first-order valence-electron chi connectivity index (χ1n) is 6.47. The highest BCUT2D eigenvalue weighted by atomic mass is 35.5. The van der Waals surface area contributed by atoms with Gasteiger partial charge < -0.3 is 4.90 Å². The summed E-state index contributed by atoms with van der Waals surface area (Å²) in [6, 6.07) is 2.00. The number of halogens is 1. The molecule has 0 amide bonds. The molecule has 0 aliphatic carbocycles. The zero-order chi connectivity index (χ0) is 14.1. The minimum absolute atomic E-state index is 0.239. The summed E-state index contributed by atoms with van der Waals surface area (Å²) in [7, 11) is 1.90. The SMILES string of the molecule is Cc1cc(Sc2nc(Cl)nc(N3CCCC3)n2)n(C)n1. The molecular formula is C12H15ClN6S. The maximum Gasteiger partial charge on any atom is 0.230 e. The minimum Gasteiger partial charge on any atom is -0.341 e. The summed E-state index contributed by atoms with van der Waals surface area (Å²) in [6.45, 7) is 3.92. The lowest BCUT2D eigenvalue weighted by Crippen LogP contribution is -2.21. The van der Waals surface area contributed by atoms with Crippen LogP contribution in [0.15, 0.2) is 16.2 Å². The van der Waals surface area contributed by atoms with Crippen LogP contribution in [0.1, 0.15) is 18.5 Å². The molecule has 0 N–H and O–H groups in total. The van der Waals surface area contributed by atoms with Gasteiger partial charge >= 0.3 is 0 Å². The summed E-state index contributed by atoms with van der Waals surface area (Å²) in [5.41, 5.74) is 0.968. The number of nitrogens with zero attached hydrogens (tertiary/aromatic N) is 6. The zero-order valence-electron chi connectivity index (χ0n) is 11.4. The summed E-state index contributed by atoms with van der Waals surface area (Å²) in [5.74, 6) is 0.670. The van der Waals surface area contributed by atoms with Crippen molar-refractivity contribution in [2.75, 3.05) is 18.0 Å². The third kappa shape index (κ3) is 2.88. The maximum atomic E-state index is 6.02. The summed E-state index contributed by atoms with van der Waals surface area (Å²) in [6.07, 6.45) is 2.35. The topological polar surface area (TPSA) is 59.7 Å². The number of hydrogen-bond acceptors (Lipinski definition) is 6. The third-order valence-corrected chi connectivity index (χ3v) is 4.25. The maximum absolute atomic E-state index is 6.02. The Morgan fingerprint density at radius 1 is 1.20 bits per heavy atom. The molecule has 0 spiro atoms. The average molecular weight is 311 g/mol. The second kappa shape index (κ2) is 5.57. The Morgan fingerprint density at radius 2 is 1.95 bits per heavy atom. The van der Waals surface area contributed by atoms with E-state index in [1.54, 1.807) is 0 Å². The van der Waals surface area contributed by atoms with Crippen molar-refractivity contribution in [3.63, 3.8) is 0 Å². The van der Waals surface area contributed by atoms with Gasteiger partial charge in [0.2, 0.25) is 11.2 Å². The molecule has 106 valence electrons. The molecule has 0 atom stereocenters. The van der Waals surface area contributed by atoms with Gasteiger partial charge in [-0.2, -0.15) is 20.1 Å². The van der Waals surface area contributed by atoms with E-state index in [4.69, 9.17) is 11.6 Å². The van der Waals surface area contributed by atoms with Crippen molar-refractivity contribution in [1.82, 2.24) is 24.7 Å². The second-order valence-corrected chi connectivity index (χ2v) is 6.06. The molecular weight excluding hydrogens is 296 g/mol. The Hall–Kier alpha value is -1.34. The predicted molar refractivity (Wildman–Crippen MR) is 78.4 cm³/mol. The summed E-state index contributed by atoms with van der Waals surface area (Å²) < 4.78 is 1.81. The smallest absolute Gasteiger partial charge is 0.230 e. The van der Waals surface area contributed by atoms with Gasteiger partial charge in [0.15, 0.2) is 5.16 Å². The lowest BCUT2D eigenvalue weighted by molar-refractivity contribution is 0.690. The summed E-state index contributed by atoms with van der Waals surface area (Å²) >= 11 is 7.46. The quantitative estimate of drug-likeness (QED) is 0.867. The van der Waals surface area contributed by atoms with E-state index in [0.29, 0.717) is 11.1 Å². The fraction of sp³-hybridized carbons (Fsp3) is 0.500. The van der Waals surface area contributed by atoms with E-state index in [2.05, 4.69) is 25.0 Å². The molecule has 0 saturated carbocycles. The zero-order valence-corrected chi connectivity index (χ0v) is 12.9. The molecule has 1 aliphatic heterocycles. The standard InChI is InChI=1S/C12H15ClN6S/c1-8-7-9(18(2)17-8)20-12-15-10(13)14-11(16-12)19-5-3-4-6-19/h7H,3-6H2,1-2H3. The van der Waals surface area contributed by atoms with E-state index in [-0.39, 0.29) is 5.28 Å². The highest BCUT2D eigenvalue weighted by Crippen LogP contribution is 2.27.